The summed E-state index contributed by atoms with van der Waals surface area (Å²) in [5, 5.41) is 9.08. The zero-order valence-corrected chi connectivity index (χ0v) is 15.0. The first-order valence-corrected chi connectivity index (χ1v) is 4.61. The number of halogens is 5. The summed E-state index contributed by atoms with van der Waals surface area (Å²) in [5.74, 6) is -1.22. The first-order valence-electron chi connectivity index (χ1n) is 3.17. The molecule has 2 N–H and O–H groups in total. The second kappa shape index (κ2) is 19.6. The van der Waals surface area contributed by atoms with Crippen LogP contribution in [-0.2, 0) is 4.57 Å². The zero-order valence-electron chi connectivity index (χ0n) is 8.52. The van der Waals surface area contributed by atoms with Crippen molar-refractivity contribution in [1.29, 1.82) is 0 Å². The first-order chi connectivity index (χ1) is 5.22. The number of rotatable bonds is 2. The number of aliphatic hydroxyl groups excluding tert-OH is 1. The van der Waals surface area contributed by atoms with E-state index in [4.69, 9.17) is 10.00 Å². The molecule has 0 aliphatic heterocycles. The summed E-state index contributed by atoms with van der Waals surface area (Å²) >= 11 is 0. The maximum atomic E-state index is 10.4. The van der Waals surface area contributed by atoms with Gasteiger partial charge in [-0.15, -0.1) is 62.0 Å². The van der Waals surface area contributed by atoms with E-state index in [1.807, 2.05) is 0 Å². The van der Waals surface area contributed by atoms with E-state index >= 15 is 0 Å². The average Bonchev–Trinajstić information content (AvgIpc) is 2.05. The summed E-state index contributed by atoms with van der Waals surface area (Å²) in [4.78, 5) is 8.57. The van der Waals surface area contributed by atoms with Gasteiger partial charge in [-0.25, -0.2) is 0 Å². The Kier molecular flexibility index (Phi) is 41.7. The third-order valence-electron chi connectivity index (χ3n) is 1.35. The number of hydrogen-bond donors (Lipinski definition) is 2. The van der Waals surface area contributed by atoms with Gasteiger partial charge >= 0.3 is 0 Å². The summed E-state index contributed by atoms with van der Waals surface area (Å²) in [6.07, 6.45) is 0. The van der Waals surface area contributed by atoms with Gasteiger partial charge in [-0.3, -0.25) is 4.57 Å². The van der Waals surface area contributed by atoms with Crippen molar-refractivity contribution in [2.75, 3.05) is 0 Å². The van der Waals surface area contributed by atoms with Crippen molar-refractivity contribution in [1.82, 2.24) is 0 Å². The highest BCUT2D eigenvalue weighted by atomic mass is 35.5. The Labute approximate surface area is 136 Å². The van der Waals surface area contributed by atoms with E-state index in [0.717, 1.165) is 0 Å². The van der Waals surface area contributed by atoms with Gasteiger partial charge in [0.05, 0.1) is 0 Å². The van der Waals surface area contributed by atoms with Gasteiger partial charge in [0.1, 0.15) is 0 Å². The molecule has 0 aliphatic carbocycles. The van der Waals surface area contributed by atoms with Crippen LogP contribution in [0.4, 0.5) is 0 Å². The van der Waals surface area contributed by atoms with E-state index in [-0.39, 0.29) is 71.9 Å². The lowest BCUT2D eigenvalue weighted by molar-refractivity contribution is 0.243. The fourth-order valence-corrected chi connectivity index (χ4v) is 1.26. The summed E-state index contributed by atoms with van der Waals surface area (Å²) < 4.78 is 10.4. The van der Waals surface area contributed by atoms with E-state index in [2.05, 4.69) is 0 Å². The molecule has 0 aliphatic rings. The lowest BCUT2D eigenvalue weighted by atomic mass is 10.2. The minimum Gasteiger partial charge on any atom is -0.378 e. The summed E-state index contributed by atoms with van der Waals surface area (Å²) in [7, 11) is -2.86. The minimum absolute atomic E-state index is 0. The van der Waals surface area contributed by atoms with E-state index in [9.17, 15) is 4.57 Å². The molecule has 0 saturated carbocycles. The van der Waals surface area contributed by atoms with Crippen molar-refractivity contribution in [3.8, 4) is 0 Å². The molecule has 0 aromatic heterocycles. The lowest BCUT2D eigenvalue weighted by Gasteiger charge is -2.04. The minimum atomic E-state index is -2.86. The molecule has 3 unspecified atom stereocenters. The second-order valence-corrected chi connectivity index (χ2v) is 3.37. The molecule has 3 atom stereocenters. The van der Waals surface area contributed by atoms with Gasteiger partial charge in [-0.2, -0.15) is 9.90 Å². The maximum absolute atomic E-state index is 10.4. The Morgan fingerprint density at radius 1 is 0.941 bits per heavy atom. The van der Waals surface area contributed by atoms with Crippen molar-refractivity contribution in [3.05, 3.63) is 35.9 Å². The molecule has 0 saturated heterocycles. The van der Waals surface area contributed by atoms with Crippen LogP contribution in [0.1, 0.15) is 11.4 Å². The Balaban J connectivity index is -0.0000000504. The van der Waals surface area contributed by atoms with Crippen LogP contribution in [0, 0.1) is 0 Å². The molecular formula is C7H17Cl5O3P2. The smallest absolute Gasteiger partial charge is 0.221 e. The standard InChI is InChI=1S/C7H9O3P.5ClH.H3P/c8-7(11(9)10)6-4-2-1-3-5-6;;;;;;/h1-5,7-8,11H,(H,9,10);5*1H;1H3. The van der Waals surface area contributed by atoms with E-state index in [1.165, 1.54) is 0 Å². The van der Waals surface area contributed by atoms with E-state index < -0.39 is 13.9 Å². The van der Waals surface area contributed by atoms with Crippen LogP contribution in [0.3, 0.4) is 0 Å². The summed E-state index contributed by atoms with van der Waals surface area (Å²) in [6.45, 7) is 0. The van der Waals surface area contributed by atoms with Gasteiger partial charge in [-0.05, 0) is 5.56 Å². The molecule has 0 radical (unpaired) electrons. The normalized spacial score (nSPS) is 10.2. The number of aliphatic hydroxyl groups is 1. The third kappa shape index (κ3) is 13.5. The van der Waals surface area contributed by atoms with E-state index in [1.54, 1.807) is 30.3 Å². The molecule has 10 heteroatoms. The van der Waals surface area contributed by atoms with Crippen LogP contribution in [0.25, 0.3) is 0 Å². The highest BCUT2D eigenvalue weighted by Crippen LogP contribution is 2.34. The molecule has 0 amide bonds. The topological polar surface area (TPSA) is 57.5 Å². The van der Waals surface area contributed by atoms with Crippen LogP contribution in [0.2, 0.25) is 0 Å². The fourth-order valence-electron chi connectivity index (χ4n) is 0.778. The Hall–Kier alpha value is 1.25. The van der Waals surface area contributed by atoms with Crippen LogP contribution >= 0.6 is 80.0 Å². The van der Waals surface area contributed by atoms with Gasteiger partial charge in [0.15, 0.2) is 5.85 Å². The van der Waals surface area contributed by atoms with Crippen LogP contribution in [0.5, 0.6) is 0 Å². The highest BCUT2D eigenvalue weighted by Gasteiger charge is 2.10. The highest BCUT2D eigenvalue weighted by molar-refractivity contribution is 7.38. The van der Waals surface area contributed by atoms with Crippen molar-refractivity contribution in [2.24, 2.45) is 0 Å². The molecule has 0 fully saturated rings. The van der Waals surface area contributed by atoms with E-state index in [0.29, 0.717) is 5.56 Å². The largest absolute Gasteiger partial charge is 0.378 e. The summed E-state index contributed by atoms with van der Waals surface area (Å²) in [6, 6.07) is 8.43. The SMILES string of the molecule is Cl.Cl.Cl.Cl.Cl.O=[PH](O)C(O)c1ccccc1.P. The van der Waals surface area contributed by atoms with Gasteiger partial charge in [0.2, 0.25) is 8.03 Å². The van der Waals surface area contributed by atoms with Crippen LogP contribution in [-0.4, -0.2) is 10.00 Å². The molecular weight excluding hydrogens is 371 g/mol. The fraction of sp³-hybridized carbons (Fsp3) is 0.143. The Morgan fingerprint density at radius 2 is 1.29 bits per heavy atom. The van der Waals surface area contributed by atoms with Gasteiger partial charge in [0, 0.05) is 0 Å². The molecule has 108 valence electrons. The van der Waals surface area contributed by atoms with Gasteiger partial charge in [-0.1, -0.05) is 30.3 Å². The van der Waals surface area contributed by atoms with Gasteiger partial charge < -0.3 is 10.00 Å². The van der Waals surface area contributed by atoms with Crippen molar-refractivity contribution < 1.29 is 14.6 Å². The Morgan fingerprint density at radius 3 is 1.59 bits per heavy atom. The van der Waals surface area contributed by atoms with Crippen molar-refractivity contribution >= 4 is 80.0 Å². The maximum Gasteiger partial charge on any atom is 0.221 e. The average molecular weight is 388 g/mol. The molecule has 1 rings (SSSR count). The predicted octanol–water partition coefficient (Wildman–Crippen LogP) is 3.31. The molecule has 3 nitrogen and oxygen atoms in total. The van der Waals surface area contributed by atoms with Crippen molar-refractivity contribution in [2.45, 2.75) is 5.85 Å². The molecule has 0 spiro atoms. The quantitative estimate of drug-likeness (QED) is 0.765. The molecule has 1 aromatic carbocycles. The second-order valence-electron chi connectivity index (χ2n) is 2.15. The summed E-state index contributed by atoms with van der Waals surface area (Å²) in [5.41, 5.74) is 0.485. The number of benzene rings is 1. The third-order valence-corrected chi connectivity index (χ3v) is 2.15. The molecule has 0 heterocycles. The number of hydrogen-bond acceptors (Lipinski definition) is 2. The van der Waals surface area contributed by atoms with Crippen LogP contribution < -0.4 is 0 Å². The molecule has 1 aromatic rings. The van der Waals surface area contributed by atoms with Crippen LogP contribution in [0.15, 0.2) is 30.3 Å². The zero-order chi connectivity index (χ0) is 8.27. The first kappa shape index (κ1) is 36.2. The monoisotopic (exact) mass is 386 g/mol. The lowest BCUT2D eigenvalue weighted by Crippen LogP contribution is -1.89. The predicted molar refractivity (Wildman–Crippen MR) is 90.0 cm³/mol. The molecule has 17 heavy (non-hydrogen) atoms. The van der Waals surface area contributed by atoms with Crippen molar-refractivity contribution in [3.63, 3.8) is 0 Å². The Bertz CT molecular complexity index is 265. The molecule has 0 bridgehead atoms. The van der Waals surface area contributed by atoms with Gasteiger partial charge in [0.25, 0.3) is 0 Å².